The van der Waals surface area contributed by atoms with Crippen molar-refractivity contribution in [2.75, 3.05) is 20.8 Å². The molecule has 0 spiro atoms. The Morgan fingerprint density at radius 2 is 1.56 bits per heavy atom. The molecule has 1 aromatic carbocycles. The molecule has 0 atom stereocenters. The number of benzene rings is 1. The molecule has 4 nitrogen and oxygen atoms in total. The fourth-order valence-electron chi connectivity index (χ4n) is 1.97. The van der Waals surface area contributed by atoms with Crippen LogP contribution >= 0.6 is 0 Å². The summed E-state index contributed by atoms with van der Waals surface area (Å²) in [5.74, 6) is -0.192. The highest BCUT2D eigenvalue weighted by molar-refractivity contribution is 6.09. The standard InChI is InChI=1S/C12H14N2O2.C2H6/c1-8-5-4-6-9-10(8)12(16)14(3)7-13(2)11(9)15;1-2/h4-6H,7H2,1-3H3;1-2H3. The van der Waals surface area contributed by atoms with Gasteiger partial charge in [-0.3, -0.25) is 9.59 Å². The van der Waals surface area contributed by atoms with Crippen molar-refractivity contribution < 1.29 is 9.59 Å². The molecular formula is C14H20N2O2. The summed E-state index contributed by atoms with van der Waals surface area (Å²) in [6.45, 7) is 6.18. The average molecular weight is 248 g/mol. The van der Waals surface area contributed by atoms with Crippen LogP contribution in [-0.2, 0) is 0 Å². The second-order valence-electron chi connectivity index (χ2n) is 4.15. The summed E-state index contributed by atoms with van der Waals surface area (Å²) in [4.78, 5) is 27.2. The number of carbonyl (C=O) groups is 2. The lowest BCUT2D eigenvalue weighted by Gasteiger charge is -2.20. The van der Waals surface area contributed by atoms with E-state index in [0.29, 0.717) is 17.8 Å². The summed E-state index contributed by atoms with van der Waals surface area (Å²) in [6.07, 6.45) is 0. The smallest absolute Gasteiger partial charge is 0.256 e. The molecule has 18 heavy (non-hydrogen) atoms. The van der Waals surface area contributed by atoms with E-state index in [0.717, 1.165) is 5.56 Å². The highest BCUT2D eigenvalue weighted by Crippen LogP contribution is 2.20. The SMILES string of the molecule is CC.Cc1cccc2c1C(=O)N(C)CN(C)C2=O. The Labute approximate surface area is 108 Å². The minimum Gasteiger partial charge on any atom is -0.324 e. The van der Waals surface area contributed by atoms with Gasteiger partial charge in [-0.05, 0) is 18.6 Å². The van der Waals surface area contributed by atoms with Gasteiger partial charge in [-0.1, -0.05) is 26.0 Å². The van der Waals surface area contributed by atoms with Crippen molar-refractivity contribution in [1.82, 2.24) is 9.80 Å². The van der Waals surface area contributed by atoms with E-state index < -0.39 is 0 Å². The molecule has 4 heteroatoms. The van der Waals surface area contributed by atoms with Crippen LogP contribution in [0.25, 0.3) is 0 Å². The van der Waals surface area contributed by atoms with Gasteiger partial charge in [0, 0.05) is 14.1 Å². The first-order valence-electron chi connectivity index (χ1n) is 6.13. The first kappa shape index (κ1) is 14.2. The molecule has 0 fully saturated rings. The van der Waals surface area contributed by atoms with Crippen molar-refractivity contribution in [3.8, 4) is 0 Å². The molecule has 0 saturated heterocycles. The lowest BCUT2D eigenvalue weighted by molar-refractivity contribution is 0.0652. The predicted octanol–water partition coefficient (Wildman–Crippen LogP) is 2.14. The monoisotopic (exact) mass is 248 g/mol. The number of hydrogen-bond acceptors (Lipinski definition) is 2. The van der Waals surface area contributed by atoms with Gasteiger partial charge in [0.2, 0.25) is 0 Å². The van der Waals surface area contributed by atoms with Gasteiger partial charge in [0.1, 0.15) is 0 Å². The summed E-state index contributed by atoms with van der Waals surface area (Å²) in [6, 6.07) is 5.36. The molecule has 98 valence electrons. The van der Waals surface area contributed by atoms with Crippen molar-refractivity contribution in [2.24, 2.45) is 0 Å². The van der Waals surface area contributed by atoms with E-state index >= 15 is 0 Å². The van der Waals surface area contributed by atoms with E-state index in [1.807, 2.05) is 26.8 Å². The molecule has 0 N–H and O–H groups in total. The minimum absolute atomic E-state index is 0.0919. The predicted molar refractivity (Wildman–Crippen MR) is 71.6 cm³/mol. The molecular weight excluding hydrogens is 228 g/mol. The summed E-state index contributed by atoms with van der Waals surface area (Å²) >= 11 is 0. The van der Waals surface area contributed by atoms with Gasteiger partial charge in [-0.15, -0.1) is 0 Å². The summed E-state index contributed by atoms with van der Waals surface area (Å²) < 4.78 is 0. The summed E-state index contributed by atoms with van der Waals surface area (Å²) in [7, 11) is 3.40. The van der Waals surface area contributed by atoms with E-state index in [9.17, 15) is 9.59 Å². The molecule has 2 amide bonds. The van der Waals surface area contributed by atoms with Crippen LogP contribution < -0.4 is 0 Å². The van der Waals surface area contributed by atoms with Crippen molar-refractivity contribution in [1.29, 1.82) is 0 Å². The zero-order chi connectivity index (χ0) is 13.9. The zero-order valence-corrected chi connectivity index (χ0v) is 11.7. The number of nitrogens with zero attached hydrogens (tertiary/aromatic N) is 2. The van der Waals surface area contributed by atoms with Gasteiger partial charge in [0.05, 0.1) is 17.8 Å². The van der Waals surface area contributed by atoms with Crippen LogP contribution in [0.4, 0.5) is 0 Å². The normalized spacial score (nSPS) is 14.7. The molecule has 2 rings (SSSR count). The van der Waals surface area contributed by atoms with Crippen molar-refractivity contribution in [3.63, 3.8) is 0 Å². The number of hydrogen-bond donors (Lipinski definition) is 0. The Morgan fingerprint density at radius 3 is 2.17 bits per heavy atom. The Bertz CT molecular complexity index is 469. The van der Waals surface area contributed by atoms with Crippen molar-refractivity contribution >= 4 is 11.8 Å². The molecule has 0 aliphatic carbocycles. The fourth-order valence-corrected chi connectivity index (χ4v) is 1.97. The quantitative estimate of drug-likeness (QED) is 0.705. The van der Waals surface area contributed by atoms with Crippen LogP contribution in [0.5, 0.6) is 0 Å². The zero-order valence-electron chi connectivity index (χ0n) is 11.7. The van der Waals surface area contributed by atoms with Crippen LogP contribution in [0.15, 0.2) is 18.2 Å². The number of carbonyl (C=O) groups excluding carboxylic acids is 2. The Hall–Kier alpha value is -1.84. The van der Waals surface area contributed by atoms with Crippen LogP contribution in [0.3, 0.4) is 0 Å². The average Bonchev–Trinajstić information content (AvgIpc) is 2.45. The largest absolute Gasteiger partial charge is 0.324 e. The highest BCUT2D eigenvalue weighted by Gasteiger charge is 2.28. The molecule has 1 aliphatic heterocycles. The summed E-state index contributed by atoms with van der Waals surface area (Å²) in [5.41, 5.74) is 1.87. The van der Waals surface area contributed by atoms with Gasteiger partial charge >= 0.3 is 0 Å². The highest BCUT2D eigenvalue weighted by atomic mass is 16.2. The lowest BCUT2D eigenvalue weighted by Crippen LogP contribution is -2.36. The fraction of sp³-hybridized carbons (Fsp3) is 0.429. The van der Waals surface area contributed by atoms with E-state index in [1.54, 1.807) is 36.0 Å². The molecule has 0 saturated carbocycles. The number of fused-ring (bicyclic) bond motifs is 1. The van der Waals surface area contributed by atoms with Gasteiger partial charge in [0.25, 0.3) is 11.8 Å². The van der Waals surface area contributed by atoms with Crippen molar-refractivity contribution in [2.45, 2.75) is 20.8 Å². The van der Waals surface area contributed by atoms with E-state index in [1.165, 1.54) is 0 Å². The maximum absolute atomic E-state index is 12.1. The van der Waals surface area contributed by atoms with Crippen molar-refractivity contribution in [3.05, 3.63) is 34.9 Å². The van der Waals surface area contributed by atoms with Crippen LogP contribution in [0, 0.1) is 6.92 Å². The second-order valence-corrected chi connectivity index (χ2v) is 4.15. The van der Waals surface area contributed by atoms with Crippen LogP contribution in [0.2, 0.25) is 0 Å². The van der Waals surface area contributed by atoms with Gasteiger partial charge in [0.15, 0.2) is 0 Å². The first-order chi connectivity index (χ1) is 8.52. The van der Waals surface area contributed by atoms with Crippen LogP contribution in [-0.4, -0.2) is 42.4 Å². The second kappa shape index (κ2) is 5.67. The molecule has 1 heterocycles. The maximum atomic E-state index is 12.1. The molecule has 0 unspecified atom stereocenters. The van der Waals surface area contributed by atoms with Gasteiger partial charge in [-0.2, -0.15) is 0 Å². The minimum atomic E-state index is -0.101. The Morgan fingerprint density at radius 1 is 1.00 bits per heavy atom. The van der Waals surface area contributed by atoms with E-state index in [2.05, 4.69) is 0 Å². The molecule has 1 aliphatic rings. The van der Waals surface area contributed by atoms with Gasteiger partial charge < -0.3 is 9.80 Å². The molecule has 1 aromatic rings. The number of aryl methyl sites for hydroxylation is 1. The third kappa shape index (κ3) is 2.37. The third-order valence-corrected chi connectivity index (χ3v) is 2.83. The molecule has 0 bridgehead atoms. The number of rotatable bonds is 0. The topological polar surface area (TPSA) is 40.6 Å². The number of amides is 2. The lowest BCUT2D eigenvalue weighted by atomic mass is 10.0. The van der Waals surface area contributed by atoms with E-state index in [-0.39, 0.29) is 11.8 Å². The molecule has 0 radical (unpaired) electrons. The summed E-state index contributed by atoms with van der Waals surface area (Å²) in [5, 5.41) is 0. The third-order valence-electron chi connectivity index (χ3n) is 2.83. The Balaban J connectivity index is 0.000000771. The van der Waals surface area contributed by atoms with Crippen LogP contribution in [0.1, 0.15) is 40.1 Å². The Kier molecular flexibility index (Phi) is 4.48. The van der Waals surface area contributed by atoms with E-state index in [4.69, 9.17) is 0 Å². The molecule has 0 aromatic heterocycles. The van der Waals surface area contributed by atoms with Gasteiger partial charge in [-0.25, -0.2) is 0 Å². The maximum Gasteiger partial charge on any atom is 0.256 e. The first-order valence-corrected chi connectivity index (χ1v) is 6.13.